The van der Waals surface area contributed by atoms with Crippen molar-refractivity contribution in [3.8, 4) is 0 Å². The van der Waals surface area contributed by atoms with Crippen molar-refractivity contribution in [1.29, 1.82) is 0 Å². The molecule has 1 aromatic heterocycles. The molecular formula is C20H29IN4S. The zero-order chi connectivity index (χ0) is 17.6. The molecule has 1 aromatic carbocycles. The molecule has 0 spiro atoms. The van der Waals surface area contributed by atoms with Gasteiger partial charge in [-0.25, -0.2) is 4.98 Å². The van der Waals surface area contributed by atoms with Gasteiger partial charge in [-0.1, -0.05) is 38.1 Å². The standard InChI is InChI=1S/C20H28N4S.HI/c1-14(2)18-13-25-19(24-18)12-23-20(21-3)22-11-16-9-6-8-15-7-4-5-10-17(15)16;/h4-5,7,10,13-14,16H,6,8-9,11-12H2,1-3H3,(H2,21,22,23);1H. The third kappa shape index (κ3) is 5.42. The van der Waals surface area contributed by atoms with Gasteiger partial charge in [-0.3, -0.25) is 4.99 Å². The number of hydrogen-bond donors (Lipinski definition) is 2. The summed E-state index contributed by atoms with van der Waals surface area (Å²) in [6, 6.07) is 8.84. The maximum Gasteiger partial charge on any atom is 0.191 e. The van der Waals surface area contributed by atoms with Gasteiger partial charge in [0.15, 0.2) is 5.96 Å². The highest BCUT2D eigenvalue weighted by atomic mass is 127. The Hall–Kier alpha value is -1.15. The van der Waals surface area contributed by atoms with Crippen LogP contribution in [0.4, 0.5) is 0 Å². The SMILES string of the molecule is CN=C(NCc1nc(C(C)C)cs1)NCC1CCCc2ccccc21.I. The first kappa shape index (κ1) is 21.2. The molecule has 1 aliphatic rings. The molecule has 1 atom stereocenters. The van der Waals surface area contributed by atoms with Crippen molar-refractivity contribution in [2.75, 3.05) is 13.6 Å². The van der Waals surface area contributed by atoms with E-state index in [0.29, 0.717) is 11.8 Å². The number of thiazole rings is 1. The van der Waals surface area contributed by atoms with E-state index in [1.165, 1.54) is 36.1 Å². The highest BCUT2D eigenvalue weighted by molar-refractivity contribution is 14.0. The number of aryl methyl sites for hydroxylation is 1. The van der Waals surface area contributed by atoms with Crippen molar-refractivity contribution in [2.24, 2.45) is 4.99 Å². The van der Waals surface area contributed by atoms with E-state index in [1.54, 1.807) is 11.3 Å². The number of halogens is 1. The van der Waals surface area contributed by atoms with Crippen molar-refractivity contribution in [3.05, 3.63) is 51.5 Å². The Labute approximate surface area is 177 Å². The predicted molar refractivity (Wildman–Crippen MR) is 122 cm³/mol. The van der Waals surface area contributed by atoms with Crippen LogP contribution in [0.1, 0.15) is 60.4 Å². The molecule has 0 saturated heterocycles. The molecule has 2 aromatic rings. The van der Waals surface area contributed by atoms with Crippen LogP contribution in [0.25, 0.3) is 0 Å². The molecule has 0 saturated carbocycles. The maximum absolute atomic E-state index is 4.67. The van der Waals surface area contributed by atoms with Crippen molar-refractivity contribution >= 4 is 41.3 Å². The van der Waals surface area contributed by atoms with Gasteiger partial charge >= 0.3 is 0 Å². The predicted octanol–water partition coefficient (Wildman–Crippen LogP) is 4.67. The van der Waals surface area contributed by atoms with Crippen molar-refractivity contribution in [3.63, 3.8) is 0 Å². The highest BCUT2D eigenvalue weighted by Crippen LogP contribution is 2.30. The molecule has 0 radical (unpaired) electrons. The maximum atomic E-state index is 4.67. The Morgan fingerprint density at radius 3 is 2.85 bits per heavy atom. The topological polar surface area (TPSA) is 49.3 Å². The van der Waals surface area contributed by atoms with Crippen molar-refractivity contribution < 1.29 is 0 Å². The molecule has 4 nitrogen and oxygen atoms in total. The minimum absolute atomic E-state index is 0. The van der Waals surface area contributed by atoms with Gasteiger partial charge in [0.1, 0.15) is 5.01 Å². The lowest BCUT2D eigenvalue weighted by molar-refractivity contribution is 0.539. The second-order valence-electron chi connectivity index (χ2n) is 6.92. The van der Waals surface area contributed by atoms with Crippen molar-refractivity contribution in [1.82, 2.24) is 15.6 Å². The fraction of sp³-hybridized carbons (Fsp3) is 0.500. The van der Waals surface area contributed by atoms with Gasteiger partial charge in [-0.15, -0.1) is 35.3 Å². The number of hydrogen-bond acceptors (Lipinski definition) is 3. The summed E-state index contributed by atoms with van der Waals surface area (Å²) in [6.45, 7) is 5.99. The summed E-state index contributed by atoms with van der Waals surface area (Å²) >= 11 is 1.71. The summed E-state index contributed by atoms with van der Waals surface area (Å²) < 4.78 is 0. The molecule has 6 heteroatoms. The lowest BCUT2D eigenvalue weighted by atomic mass is 9.83. The van der Waals surface area contributed by atoms with Gasteiger partial charge in [-0.05, 0) is 36.3 Å². The zero-order valence-electron chi connectivity index (χ0n) is 15.8. The molecule has 0 aliphatic heterocycles. The minimum Gasteiger partial charge on any atom is -0.356 e. The van der Waals surface area contributed by atoms with Crippen LogP contribution >= 0.6 is 35.3 Å². The number of nitrogens with one attached hydrogen (secondary N) is 2. The lowest BCUT2D eigenvalue weighted by Crippen LogP contribution is -2.39. The summed E-state index contributed by atoms with van der Waals surface area (Å²) in [6.07, 6.45) is 3.72. The van der Waals surface area contributed by atoms with Gasteiger partial charge in [0.05, 0.1) is 12.2 Å². The lowest BCUT2D eigenvalue weighted by Gasteiger charge is -2.26. The second kappa shape index (κ2) is 10.3. The van der Waals surface area contributed by atoms with E-state index in [2.05, 4.69) is 64.1 Å². The normalized spacial score (nSPS) is 16.8. The van der Waals surface area contributed by atoms with Gasteiger partial charge < -0.3 is 10.6 Å². The van der Waals surface area contributed by atoms with Gasteiger partial charge in [0, 0.05) is 24.9 Å². The second-order valence-corrected chi connectivity index (χ2v) is 7.86. The summed E-state index contributed by atoms with van der Waals surface area (Å²) in [7, 11) is 1.82. The van der Waals surface area contributed by atoms with E-state index >= 15 is 0 Å². The quantitative estimate of drug-likeness (QED) is 0.369. The minimum atomic E-state index is 0. The number of rotatable bonds is 5. The van der Waals surface area contributed by atoms with Crippen LogP contribution in [-0.4, -0.2) is 24.5 Å². The average Bonchev–Trinajstić information content (AvgIpc) is 3.11. The van der Waals surface area contributed by atoms with E-state index in [4.69, 9.17) is 0 Å². The first-order valence-electron chi connectivity index (χ1n) is 9.14. The van der Waals surface area contributed by atoms with Crippen molar-refractivity contribution in [2.45, 2.75) is 51.5 Å². The summed E-state index contributed by atoms with van der Waals surface area (Å²) in [4.78, 5) is 9.03. The molecule has 1 unspecified atom stereocenters. The van der Waals surface area contributed by atoms with Gasteiger partial charge in [0.25, 0.3) is 0 Å². The van der Waals surface area contributed by atoms with Crippen LogP contribution < -0.4 is 10.6 Å². The van der Waals surface area contributed by atoms with E-state index < -0.39 is 0 Å². The fourth-order valence-corrected chi connectivity index (χ4v) is 4.23. The van der Waals surface area contributed by atoms with E-state index in [1.807, 2.05) is 7.05 Å². The molecule has 0 bridgehead atoms. The molecule has 142 valence electrons. The molecule has 3 rings (SSSR count). The number of fused-ring (bicyclic) bond motifs is 1. The molecule has 26 heavy (non-hydrogen) atoms. The largest absolute Gasteiger partial charge is 0.356 e. The molecule has 1 aliphatic carbocycles. The summed E-state index contributed by atoms with van der Waals surface area (Å²) in [5.41, 5.74) is 4.18. The first-order chi connectivity index (χ1) is 12.2. The monoisotopic (exact) mass is 484 g/mol. The number of aliphatic imine (C=N–C) groups is 1. The third-order valence-electron chi connectivity index (χ3n) is 4.80. The smallest absolute Gasteiger partial charge is 0.191 e. The van der Waals surface area contributed by atoms with Gasteiger partial charge in [-0.2, -0.15) is 0 Å². The third-order valence-corrected chi connectivity index (χ3v) is 5.67. The average molecular weight is 484 g/mol. The Bertz CT molecular complexity index is 726. The Morgan fingerprint density at radius 1 is 1.31 bits per heavy atom. The summed E-state index contributed by atoms with van der Waals surface area (Å²) in [5, 5.41) is 10.1. The Morgan fingerprint density at radius 2 is 2.12 bits per heavy atom. The van der Waals surface area contributed by atoms with Crippen LogP contribution in [-0.2, 0) is 13.0 Å². The van der Waals surface area contributed by atoms with E-state index in [-0.39, 0.29) is 24.0 Å². The molecular weight excluding hydrogens is 455 g/mol. The van der Waals surface area contributed by atoms with Gasteiger partial charge in [0.2, 0.25) is 0 Å². The molecule has 0 amide bonds. The molecule has 0 fully saturated rings. The van der Waals surface area contributed by atoms with Crippen LogP contribution in [0.3, 0.4) is 0 Å². The highest BCUT2D eigenvalue weighted by Gasteiger charge is 2.19. The molecule has 1 heterocycles. The van der Waals surface area contributed by atoms with Crippen LogP contribution in [0, 0.1) is 0 Å². The number of aromatic nitrogens is 1. The fourth-order valence-electron chi connectivity index (χ4n) is 3.34. The Balaban J connectivity index is 0.00000243. The van der Waals surface area contributed by atoms with Crippen LogP contribution in [0.15, 0.2) is 34.6 Å². The number of guanidine groups is 1. The Kier molecular flexibility index (Phi) is 8.34. The van der Waals surface area contributed by atoms with E-state index in [0.717, 1.165) is 24.1 Å². The first-order valence-corrected chi connectivity index (χ1v) is 10.0. The number of nitrogens with zero attached hydrogens (tertiary/aromatic N) is 2. The summed E-state index contributed by atoms with van der Waals surface area (Å²) in [5.74, 6) is 1.90. The van der Waals surface area contributed by atoms with E-state index in [9.17, 15) is 0 Å². The van der Waals surface area contributed by atoms with Crippen LogP contribution in [0.2, 0.25) is 0 Å². The zero-order valence-corrected chi connectivity index (χ0v) is 18.9. The number of benzene rings is 1. The van der Waals surface area contributed by atoms with Crippen LogP contribution in [0.5, 0.6) is 0 Å². The molecule has 2 N–H and O–H groups in total.